The third-order valence-corrected chi connectivity index (χ3v) is 6.32. The SMILES string of the molecule is COCCN1C(=O)c2cc(-c3ccc(OC)cc3)nn2C[C@]1(C)C(=O)NCc1ccccc1OC. The number of aromatic nitrogens is 2. The van der Waals surface area contributed by atoms with E-state index in [1.165, 1.54) is 0 Å². The van der Waals surface area contributed by atoms with Crippen LogP contribution in [0.3, 0.4) is 0 Å². The van der Waals surface area contributed by atoms with Crippen LogP contribution in [0.4, 0.5) is 0 Å². The van der Waals surface area contributed by atoms with Crippen LogP contribution in [0.5, 0.6) is 11.5 Å². The summed E-state index contributed by atoms with van der Waals surface area (Å²) in [4.78, 5) is 28.7. The van der Waals surface area contributed by atoms with Crippen LogP contribution in [-0.4, -0.2) is 66.5 Å². The summed E-state index contributed by atoms with van der Waals surface area (Å²) in [5.74, 6) is 0.877. The topological polar surface area (TPSA) is 94.9 Å². The van der Waals surface area contributed by atoms with Crippen LogP contribution in [0, 0.1) is 0 Å². The molecule has 1 aliphatic heterocycles. The summed E-state index contributed by atoms with van der Waals surface area (Å²) in [5, 5.41) is 7.65. The Morgan fingerprint density at radius 1 is 1.09 bits per heavy atom. The quantitative estimate of drug-likeness (QED) is 0.508. The van der Waals surface area contributed by atoms with Gasteiger partial charge in [-0.3, -0.25) is 14.3 Å². The van der Waals surface area contributed by atoms with Crippen molar-refractivity contribution in [2.45, 2.75) is 25.6 Å². The Bertz CT molecular complexity index is 1210. The Labute approximate surface area is 204 Å². The number of rotatable bonds is 9. The number of benzene rings is 2. The van der Waals surface area contributed by atoms with Crippen molar-refractivity contribution in [3.05, 3.63) is 65.9 Å². The minimum atomic E-state index is -1.16. The molecule has 2 amide bonds. The van der Waals surface area contributed by atoms with E-state index in [9.17, 15) is 9.59 Å². The minimum Gasteiger partial charge on any atom is -0.497 e. The van der Waals surface area contributed by atoms with Crippen molar-refractivity contribution in [1.82, 2.24) is 20.0 Å². The smallest absolute Gasteiger partial charge is 0.273 e. The molecule has 9 nitrogen and oxygen atoms in total. The van der Waals surface area contributed by atoms with Crippen LogP contribution in [0.2, 0.25) is 0 Å². The number of fused-ring (bicyclic) bond motifs is 1. The van der Waals surface area contributed by atoms with E-state index >= 15 is 0 Å². The van der Waals surface area contributed by atoms with Crippen LogP contribution in [-0.2, 0) is 22.6 Å². The van der Waals surface area contributed by atoms with Gasteiger partial charge in [0.05, 0.1) is 33.1 Å². The molecule has 0 saturated carbocycles. The first-order chi connectivity index (χ1) is 16.9. The number of carbonyl (C=O) groups is 2. The highest BCUT2D eigenvalue weighted by Crippen LogP contribution is 2.31. The minimum absolute atomic E-state index is 0.214. The van der Waals surface area contributed by atoms with Gasteiger partial charge in [0.25, 0.3) is 5.91 Å². The molecule has 1 aromatic heterocycles. The Hall–Kier alpha value is -3.85. The van der Waals surface area contributed by atoms with Crippen molar-refractivity contribution < 1.29 is 23.8 Å². The van der Waals surface area contributed by atoms with Gasteiger partial charge in [-0.1, -0.05) is 18.2 Å². The standard InChI is InChI=1S/C26H30N4O5/c1-26(25(32)27-16-19-7-5-6-8-23(19)35-4)17-30-22(24(31)29(26)13-14-33-2)15-21(28-30)18-9-11-20(34-3)12-10-18/h5-12,15H,13-14,16-17H2,1-4H3,(H,27,32)/t26-/m1/s1. The molecule has 2 heterocycles. The maximum Gasteiger partial charge on any atom is 0.273 e. The van der Waals surface area contributed by atoms with Gasteiger partial charge in [0, 0.05) is 31.3 Å². The lowest BCUT2D eigenvalue weighted by Gasteiger charge is -2.43. The van der Waals surface area contributed by atoms with Crippen molar-refractivity contribution >= 4 is 11.8 Å². The molecule has 1 N–H and O–H groups in total. The molecule has 0 unspecified atom stereocenters. The van der Waals surface area contributed by atoms with Gasteiger partial charge in [0.1, 0.15) is 22.7 Å². The number of methoxy groups -OCH3 is 3. The molecule has 0 spiro atoms. The summed E-state index contributed by atoms with van der Waals surface area (Å²) < 4.78 is 17.5. The molecule has 3 aromatic rings. The normalized spacial score (nSPS) is 17.1. The van der Waals surface area contributed by atoms with Crippen LogP contribution >= 0.6 is 0 Å². The fourth-order valence-corrected chi connectivity index (χ4v) is 4.29. The molecule has 35 heavy (non-hydrogen) atoms. The summed E-state index contributed by atoms with van der Waals surface area (Å²) in [6, 6.07) is 16.7. The summed E-state index contributed by atoms with van der Waals surface area (Å²) in [5.41, 5.74) is 1.63. The lowest BCUT2D eigenvalue weighted by atomic mass is 9.94. The number of nitrogens with zero attached hydrogens (tertiary/aromatic N) is 3. The highest BCUT2D eigenvalue weighted by molar-refractivity contribution is 6.00. The van der Waals surface area contributed by atoms with Gasteiger partial charge in [-0.05, 0) is 43.3 Å². The lowest BCUT2D eigenvalue weighted by molar-refractivity contribution is -0.133. The zero-order valence-corrected chi connectivity index (χ0v) is 20.4. The average molecular weight is 479 g/mol. The van der Waals surface area contributed by atoms with E-state index in [0.717, 1.165) is 16.9 Å². The molecular formula is C26H30N4O5. The largest absolute Gasteiger partial charge is 0.497 e. The predicted octanol–water partition coefficient (Wildman–Crippen LogP) is 2.74. The molecule has 0 aliphatic carbocycles. The van der Waals surface area contributed by atoms with E-state index in [1.54, 1.807) is 43.9 Å². The molecule has 1 atom stereocenters. The first kappa shape index (κ1) is 24.3. The molecule has 1 aliphatic rings. The van der Waals surface area contributed by atoms with Gasteiger partial charge >= 0.3 is 0 Å². The second-order valence-corrected chi connectivity index (χ2v) is 8.52. The number of hydrogen-bond donors (Lipinski definition) is 1. The maximum absolute atomic E-state index is 13.6. The molecule has 0 bridgehead atoms. The first-order valence-electron chi connectivity index (χ1n) is 11.3. The molecular weight excluding hydrogens is 448 g/mol. The van der Waals surface area contributed by atoms with Gasteiger partial charge in [-0.2, -0.15) is 5.10 Å². The fourth-order valence-electron chi connectivity index (χ4n) is 4.29. The van der Waals surface area contributed by atoms with Gasteiger partial charge < -0.3 is 24.4 Å². The number of carbonyl (C=O) groups excluding carboxylic acids is 2. The summed E-state index contributed by atoms with van der Waals surface area (Å²) in [6.07, 6.45) is 0. The Morgan fingerprint density at radius 3 is 2.51 bits per heavy atom. The zero-order valence-electron chi connectivity index (χ0n) is 20.4. The Balaban J connectivity index is 1.62. The van der Waals surface area contributed by atoms with Crippen LogP contribution in [0.15, 0.2) is 54.6 Å². The molecule has 2 aromatic carbocycles. The number of amides is 2. The highest BCUT2D eigenvalue weighted by atomic mass is 16.5. The van der Waals surface area contributed by atoms with E-state index in [1.807, 2.05) is 48.5 Å². The van der Waals surface area contributed by atoms with Crippen molar-refractivity contribution in [2.24, 2.45) is 0 Å². The predicted molar refractivity (Wildman–Crippen MR) is 130 cm³/mol. The van der Waals surface area contributed by atoms with Crippen LogP contribution in [0.25, 0.3) is 11.3 Å². The van der Waals surface area contributed by atoms with Crippen molar-refractivity contribution in [1.29, 1.82) is 0 Å². The summed E-state index contributed by atoms with van der Waals surface area (Å²) in [6.45, 7) is 2.83. The zero-order chi connectivity index (χ0) is 25.0. The summed E-state index contributed by atoms with van der Waals surface area (Å²) in [7, 11) is 4.77. The van der Waals surface area contributed by atoms with Crippen molar-refractivity contribution in [3.8, 4) is 22.8 Å². The van der Waals surface area contributed by atoms with E-state index in [2.05, 4.69) is 10.4 Å². The number of para-hydroxylation sites is 1. The average Bonchev–Trinajstić information content (AvgIpc) is 3.31. The third-order valence-electron chi connectivity index (χ3n) is 6.32. The van der Waals surface area contributed by atoms with E-state index in [4.69, 9.17) is 14.2 Å². The van der Waals surface area contributed by atoms with E-state index in [-0.39, 0.29) is 31.4 Å². The number of nitrogens with one attached hydrogen (secondary N) is 1. The first-order valence-corrected chi connectivity index (χ1v) is 11.3. The van der Waals surface area contributed by atoms with E-state index < -0.39 is 5.54 Å². The lowest BCUT2D eigenvalue weighted by Crippen LogP contribution is -2.64. The Morgan fingerprint density at radius 2 is 1.83 bits per heavy atom. The Kier molecular flexibility index (Phi) is 7.07. The van der Waals surface area contributed by atoms with Gasteiger partial charge in [0.2, 0.25) is 5.91 Å². The molecule has 184 valence electrons. The van der Waals surface area contributed by atoms with Gasteiger partial charge in [-0.25, -0.2) is 0 Å². The van der Waals surface area contributed by atoms with E-state index in [0.29, 0.717) is 23.7 Å². The number of hydrogen-bond acceptors (Lipinski definition) is 6. The monoisotopic (exact) mass is 478 g/mol. The molecule has 0 radical (unpaired) electrons. The maximum atomic E-state index is 13.6. The second kappa shape index (κ2) is 10.2. The highest BCUT2D eigenvalue weighted by Gasteiger charge is 2.47. The van der Waals surface area contributed by atoms with Gasteiger partial charge in [0.15, 0.2) is 0 Å². The summed E-state index contributed by atoms with van der Waals surface area (Å²) >= 11 is 0. The fraction of sp³-hybridized carbons (Fsp3) is 0.346. The molecule has 0 saturated heterocycles. The van der Waals surface area contributed by atoms with Gasteiger partial charge in [-0.15, -0.1) is 0 Å². The van der Waals surface area contributed by atoms with Crippen molar-refractivity contribution in [3.63, 3.8) is 0 Å². The molecule has 9 heteroatoms. The van der Waals surface area contributed by atoms with Crippen LogP contribution < -0.4 is 14.8 Å². The molecule has 0 fully saturated rings. The molecule has 4 rings (SSSR count). The number of ether oxygens (including phenoxy) is 3. The van der Waals surface area contributed by atoms with Crippen molar-refractivity contribution in [2.75, 3.05) is 34.5 Å². The third kappa shape index (κ3) is 4.72. The second-order valence-electron chi connectivity index (χ2n) is 8.52. The van der Waals surface area contributed by atoms with Crippen LogP contribution in [0.1, 0.15) is 23.0 Å².